The van der Waals surface area contributed by atoms with Crippen molar-refractivity contribution in [3.63, 3.8) is 0 Å². The van der Waals surface area contributed by atoms with E-state index in [1.54, 1.807) is 0 Å². The van der Waals surface area contributed by atoms with E-state index in [0.717, 1.165) is 17.8 Å². The lowest BCUT2D eigenvalue weighted by Crippen LogP contribution is -2.15. The number of aliphatic carboxylic acids is 1. The van der Waals surface area contributed by atoms with Gasteiger partial charge in [-0.1, -0.05) is 25.2 Å². The number of fused-ring (bicyclic) bond motifs is 1. The maximum Gasteiger partial charge on any atom is 0.313 e. The molecule has 0 aliphatic heterocycles. The van der Waals surface area contributed by atoms with E-state index in [-0.39, 0.29) is 11.3 Å². The summed E-state index contributed by atoms with van der Waals surface area (Å²) in [5.74, 6) is -0.105. The van der Waals surface area contributed by atoms with Gasteiger partial charge in [-0.25, -0.2) is 4.98 Å². The second-order valence-corrected chi connectivity index (χ2v) is 6.59. The van der Waals surface area contributed by atoms with E-state index in [9.17, 15) is 9.59 Å². The van der Waals surface area contributed by atoms with E-state index in [4.69, 9.17) is 5.11 Å². The Bertz CT molecular complexity index is 692. The number of nitrogens with zero attached hydrogens (tertiary/aromatic N) is 3. The number of thioether (sulfide) groups is 1. The molecule has 1 N–H and O–H groups in total. The Labute approximate surface area is 130 Å². The van der Waals surface area contributed by atoms with Crippen LogP contribution in [-0.4, -0.2) is 31.4 Å². The van der Waals surface area contributed by atoms with Crippen LogP contribution in [0.4, 0.5) is 0 Å². The second kappa shape index (κ2) is 7.04. The molecule has 0 fully saturated rings. The third-order valence-electron chi connectivity index (χ3n) is 3.12. The number of carboxylic acid groups (broad SMARTS) is 1. The Morgan fingerprint density at radius 1 is 1.48 bits per heavy atom. The first kappa shape index (κ1) is 16.0. The monoisotopic (exact) mass is 327 g/mol. The van der Waals surface area contributed by atoms with Crippen LogP contribution in [0.25, 0.3) is 4.96 Å². The first-order chi connectivity index (χ1) is 10.0. The summed E-state index contributed by atoms with van der Waals surface area (Å²) < 4.78 is 1.34. The predicted molar refractivity (Wildman–Crippen MR) is 84.3 cm³/mol. The summed E-state index contributed by atoms with van der Waals surface area (Å²) in [5.41, 5.74) is 0.394. The smallest absolute Gasteiger partial charge is 0.313 e. The molecular weight excluding hydrogens is 310 g/mol. The van der Waals surface area contributed by atoms with Gasteiger partial charge in [0.2, 0.25) is 4.96 Å². The molecule has 114 valence electrons. The van der Waals surface area contributed by atoms with Crippen molar-refractivity contribution in [1.82, 2.24) is 14.6 Å². The highest BCUT2D eigenvalue weighted by Gasteiger charge is 2.15. The molecule has 8 heteroatoms. The molecule has 0 atom stereocenters. The van der Waals surface area contributed by atoms with Crippen molar-refractivity contribution < 1.29 is 9.90 Å². The molecule has 2 rings (SSSR count). The van der Waals surface area contributed by atoms with Crippen LogP contribution in [0.3, 0.4) is 0 Å². The number of rotatable bonds is 7. The lowest BCUT2D eigenvalue weighted by Gasteiger charge is -2.05. The molecule has 2 aromatic heterocycles. The van der Waals surface area contributed by atoms with Crippen molar-refractivity contribution in [1.29, 1.82) is 0 Å². The molecule has 6 nitrogen and oxygen atoms in total. The van der Waals surface area contributed by atoms with Gasteiger partial charge in [0.25, 0.3) is 5.56 Å². The number of carbonyl (C=O) groups is 1. The number of hydrogen-bond donors (Lipinski definition) is 1. The summed E-state index contributed by atoms with van der Waals surface area (Å²) in [6.45, 7) is 4.20. The van der Waals surface area contributed by atoms with E-state index in [2.05, 4.69) is 23.9 Å². The van der Waals surface area contributed by atoms with Crippen LogP contribution < -0.4 is 5.56 Å². The summed E-state index contributed by atoms with van der Waals surface area (Å²) in [6.07, 6.45) is 1.96. The van der Waals surface area contributed by atoms with Gasteiger partial charge in [-0.3, -0.25) is 9.59 Å². The van der Waals surface area contributed by atoms with E-state index in [1.165, 1.54) is 33.7 Å². The molecule has 0 aromatic carbocycles. The van der Waals surface area contributed by atoms with Crippen LogP contribution in [-0.2, 0) is 10.5 Å². The fourth-order valence-corrected chi connectivity index (χ4v) is 3.81. The maximum absolute atomic E-state index is 12.1. The first-order valence-corrected chi connectivity index (χ1v) is 8.71. The van der Waals surface area contributed by atoms with Gasteiger partial charge in [0.1, 0.15) is 5.01 Å². The van der Waals surface area contributed by atoms with Crippen molar-refractivity contribution in [2.45, 2.75) is 38.4 Å². The third-order valence-corrected chi connectivity index (χ3v) is 5.15. The van der Waals surface area contributed by atoms with Crippen molar-refractivity contribution in [3.8, 4) is 0 Å². The molecule has 0 unspecified atom stereocenters. The van der Waals surface area contributed by atoms with Gasteiger partial charge in [-0.15, -0.1) is 11.8 Å². The predicted octanol–water partition coefficient (Wildman–Crippen LogP) is 2.37. The van der Waals surface area contributed by atoms with Crippen molar-refractivity contribution >= 4 is 34.0 Å². The highest BCUT2D eigenvalue weighted by Crippen LogP contribution is 2.26. The zero-order valence-electron chi connectivity index (χ0n) is 11.9. The van der Waals surface area contributed by atoms with Crippen molar-refractivity contribution in [3.05, 3.63) is 27.1 Å². The molecule has 0 radical (unpaired) electrons. The third kappa shape index (κ3) is 3.82. The van der Waals surface area contributed by atoms with Crippen molar-refractivity contribution in [2.75, 3.05) is 5.75 Å². The van der Waals surface area contributed by atoms with E-state index in [1.807, 2.05) is 0 Å². The summed E-state index contributed by atoms with van der Waals surface area (Å²) in [6, 6.07) is 1.43. The largest absolute Gasteiger partial charge is 0.481 e. The topological polar surface area (TPSA) is 84.6 Å². The summed E-state index contributed by atoms with van der Waals surface area (Å²) >= 11 is 2.67. The number of hydrogen-bond acceptors (Lipinski definition) is 6. The molecule has 0 spiro atoms. The van der Waals surface area contributed by atoms with Crippen LogP contribution >= 0.6 is 23.1 Å². The van der Waals surface area contributed by atoms with Crippen LogP contribution in [0.15, 0.2) is 10.9 Å². The van der Waals surface area contributed by atoms with Gasteiger partial charge in [-0.2, -0.15) is 9.61 Å². The first-order valence-electron chi connectivity index (χ1n) is 6.74. The summed E-state index contributed by atoms with van der Waals surface area (Å²) in [7, 11) is 0. The lowest BCUT2D eigenvalue weighted by atomic mass is 10.1. The van der Waals surface area contributed by atoms with Gasteiger partial charge >= 0.3 is 5.97 Å². The number of aromatic nitrogens is 3. The minimum Gasteiger partial charge on any atom is -0.481 e. The van der Waals surface area contributed by atoms with Crippen LogP contribution in [0.2, 0.25) is 0 Å². The Hall–Kier alpha value is -1.41. The minimum atomic E-state index is -0.869. The number of carboxylic acids is 1. The van der Waals surface area contributed by atoms with Crippen LogP contribution in [0.5, 0.6) is 0 Å². The molecule has 2 aromatic rings. The summed E-state index contributed by atoms with van der Waals surface area (Å²) in [4.78, 5) is 27.5. The summed E-state index contributed by atoms with van der Waals surface area (Å²) in [5, 5.41) is 13.9. The Morgan fingerprint density at radius 2 is 2.19 bits per heavy atom. The molecular formula is C13H17N3O3S2. The molecule has 0 aliphatic rings. The van der Waals surface area contributed by atoms with Gasteiger partial charge < -0.3 is 5.11 Å². The highest BCUT2D eigenvalue weighted by molar-refractivity contribution is 7.99. The molecule has 0 amide bonds. The Morgan fingerprint density at radius 3 is 2.81 bits per heavy atom. The molecule has 0 saturated carbocycles. The molecule has 21 heavy (non-hydrogen) atoms. The maximum atomic E-state index is 12.1. The normalized spacial score (nSPS) is 11.4. The fraction of sp³-hybridized carbons (Fsp3) is 0.538. The quantitative estimate of drug-likeness (QED) is 0.840. The van der Waals surface area contributed by atoms with Gasteiger partial charge in [0.05, 0.1) is 11.4 Å². The molecule has 0 bridgehead atoms. The Balaban J connectivity index is 2.28. The van der Waals surface area contributed by atoms with Gasteiger partial charge in [-0.05, 0) is 12.8 Å². The zero-order chi connectivity index (χ0) is 15.4. The van der Waals surface area contributed by atoms with Crippen LogP contribution in [0, 0.1) is 0 Å². The SMILES string of the molecule is CCC(CC)c1nn2c(=O)cc(CSCC(=O)O)nc2s1. The fourth-order valence-electron chi connectivity index (χ4n) is 1.99. The van der Waals surface area contributed by atoms with Crippen molar-refractivity contribution in [2.24, 2.45) is 0 Å². The van der Waals surface area contributed by atoms with E-state index in [0.29, 0.717) is 22.3 Å². The van der Waals surface area contributed by atoms with Gasteiger partial charge in [0, 0.05) is 17.7 Å². The van der Waals surface area contributed by atoms with Crippen LogP contribution in [0.1, 0.15) is 43.3 Å². The zero-order valence-corrected chi connectivity index (χ0v) is 13.5. The second-order valence-electron chi connectivity index (χ2n) is 4.62. The lowest BCUT2D eigenvalue weighted by molar-refractivity contribution is -0.133. The van der Waals surface area contributed by atoms with E-state index >= 15 is 0 Å². The van der Waals surface area contributed by atoms with Gasteiger partial charge in [0.15, 0.2) is 0 Å². The standard InChI is InChI=1S/C13H17N3O3S2/c1-3-8(4-2)12-15-16-10(17)5-9(14-13(16)21-12)6-20-7-11(18)19/h5,8H,3-4,6-7H2,1-2H3,(H,18,19). The average Bonchev–Trinajstić information content (AvgIpc) is 2.84. The molecule has 2 heterocycles. The molecule has 0 saturated heterocycles. The Kier molecular flexibility index (Phi) is 5.35. The molecule has 0 aliphatic carbocycles. The minimum absolute atomic E-state index is 0.00271. The highest BCUT2D eigenvalue weighted by atomic mass is 32.2. The average molecular weight is 327 g/mol. The van der Waals surface area contributed by atoms with E-state index < -0.39 is 5.97 Å².